The van der Waals surface area contributed by atoms with Crippen LogP contribution in [0.5, 0.6) is 11.9 Å². The average Bonchev–Trinajstić information content (AvgIpc) is 3.11. The third kappa shape index (κ3) is 3.25. The van der Waals surface area contributed by atoms with E-state index in [1.165, 1.54) is 0 Å². The van der Waals surface area contributed by atoms with E-state index in [-0.39, 0.29) is 0 Å². The van der Waals surface area contributed by atoms with Gasteiger partial charge in [-0.15, -0.1) is 0 Å². The van der Waals surface area contributed by atoms with Crippen LogP contribution in [0.3, 0.4) is 0 Å². The van der Waals surface area contributed by atoms with Gasteiger partial charge >= 0.3 is 6.01 Å². The van der Waals surface area contributed by atoms with Crippen molar-refractivity contribution in [2.24, 2.45) is 0 Å². The number of rotatable bonds is 5. The molecule has 2 aromatic heterocycles. The van der Waals surface area contributed by atoms with Gasteiger partial charge < -0.3 is 19.3 Å². The Labute approximate surface area is 135 Å². The van der Waals surface area contributed by atoms with E-state index in [0.717, 1.165) is 31.1 Å². The maximum absolute atomic E-state index is 5.22. The second-order valence-electron chi connectivity index (χ2n) is 5.32. The molecule has 23 heavy (non-hydrogen) atoms. The summed E-state index contributed by atoms with van der Waals surface area (Å²) < 4.78 is 10.4. The minimum Gasteiger partial charge on any atom is -0.481 e. The molecule has 1 fully saturated rings. The Balaban J connectivity index is 1.75. The highest BCUT2D eigenvalue weighted by Gasteiger charge is 2.28. The summed E-state index contributed by atoms with van der Waals surface area (Å²) in [5.41, 5.74) is 0. The molecule has 8 heteroatoms. The van der Waals surface area contributed by atoms with Gasteiger partial charge in [0.15, 0.2) is 0 Å². The van der Waals surface area contributed by atoms with Crippen molar-refractivity contribution in [2.75, 3.05) is 44.2 Å². The van der Waals surface area contributed by atoms with Crippen LogP contribution in [0, 0.1) is 0 Å². The molecule has 0 aliphatic carbocycles. The lowest BCUT2D eigenvalue weighted by Gasteiger charge is -2.26. The van der Waals surface area contributed by atoms with Gasteiger partial charge in [0.25, 0.3) is 0 Å². The Hall–Kier alpha value is -2.64. The van der Waals surface area contributed by atoms with Gasteiger partial charge in [0, 0.05) is 38.4 Å². The molecular formula is C15H20N6O2. The van der Waals surface area contributed by atoms with Crippen molar-refractivity contribution in [3.8, 4) is 11.9 Å². The number of nitrogens with zero attached hydrogens (tertiary/aromatic N) is 6. The van der Waals surface area contributed by atoms with Gasteiger partial charge in [-0.25, -0.2) is 9.97 Å². The molecule has 3 rings (SSSR count). The zero-order chi connectivity index (χ0) is 16.2. The van der Waals surface area contributed by atoms with Crippen molar-refractivity contribution < 1.29 is 9.47 Å². The average molecular weight is 316 g/mol. The third-order valence-corrected chi connectivity index (χ3v) is 4.02. The van der Waals surface area contributed by atoms with E-state index in [4.69, 9.17) is 9.47 Å². The lowest BCUT2D eigenvalue weighted by atomic mass is 10.2. The minimum absolute atomic E-state index is 0.312. The number of ether oxygens (including phenoxy) is 2. The van der Waals surface area contributed by atoms with E-state index in [1.807, 2.05) is 12.1 Å². The number of hydrogen-bond acceptors (Lipinski definition) is 8. The molecule has 1 saturated heterocycles. The molecule has 1 atom stereocenters. The molecule has 3 heterocycles. The lowest BCUT2D eigenvalue weighted by molar-refractivity contribution is 0.352. The molecule has 2 aromatic rings. The zero-order valence-electron chi connectivity index (χ0n) is 13.5. The fourth-order valence-electron chi connectivity index (χ4n) is 2.70. The van der Waals surface area contributed by atoms with Crippen LogP contribution >= 0.6 is 0 Å². The number of hydrogen-bond donors (Lipinski definition) is 0. The fourth-order valence-corrected chi connectivity index (χ4v) is 2.70. The maximum atomic E-state index is 5.22. The quantitative estimate of drug-likeness (QED) is 0.808. The first-order valence-electron chi connectivity index (χ1n) is 7.42. The fraction of sp³-hybridized carbons (Fsp3) is 0.467. The summed E-state index contributed by atoms with van der Waals surface area (Å²) in [7, 11) is 5.19. The summed E-state index contributed by atoms with van der Waals surface area (Å²) in [4.78, 5) is 21.2. The zero-order valence-corrected chi connectivity index (χ0v) is 13.5. The summed E-state index contributed by atoms with van der Waals surface area (Å²) in [5.74, 6) is 2.23. The predicted molar refractivity (Wildman–Crippen MR) is 86.2 cm³/mol. The molecular weight excluding hydrogens is 296 g/mol. The van der Waals surface area contributed by atoms with E-state index in [0.29, 0.717) is 17.9 Å². The van der Waals surface area contributed by atoms with Crippen LogP contribution in [-0.4, -0.2) is 60.3 Å². The Morgan fingerprint density at radius 1 is 1.26 bits per heavy atom. The van der Waals surface area contributed by atoms with Crippen molar-refractivity contribution in [2.45, 2.75) is 12.5 Å². The molecule has 1 aliphatic heterocycles. The minimum atomic E-state index is 0.312. The van der Waals surface area contributed by atoms with Gasteiger partial charge in [0.1, 0.15) is 18.0 Å². The normalized spacial score (nSPS) is 17.2. The summed E-state index contributed by atoms with van der Waals surface area (Å²) in [6.45, 7) is 1.76. The first-order chi connectivity index (χ1) is 11.2. The topological polar surface area (TPSA) is 76.5 Å². The molecule has 0 saturated carbocycles. The lowest BCUT2D eigenvalue weighted by Crippen LogP contribution is -2.35. The molecule has 0 bridgehead atoms. The van der Waals surface area contributed by atoms with Gasteiger partial charge in [-0.3, -0.25) is 0 Å². The van der Waals surface area contributed by atoms with Gasteiger partial charge in [0.05, 0.1) is 14.2 Å². The van der Waals surface area contributed by atoms with E-state index < -0.39 is 0 Å². The molecule has 0 N–H and O–H groups in total. The van der Waals surface area contributed by atoms with E-state index in [2.05, 4.69) is 36.8 Å². The SMILES string of the molecule is COc1cc(N2CCC(N(C)c3ccncn3)C2)nc(OC)n1. The van der Waals surface area contributed by atoms with Crippen molar-refractivity contribution in [3.63, 3.8) is 0 Å². The van der Waals surface area contributed by atoms with Crippen molar-refractivity contribution in [1.29, 1.82) is 0 Å². The predicted octanol–water partition coefficient (Wildman–Crippen LogP) is 0.999. The molecule has 8 nitrogen and oxygen atoms in total. The largest absolute Gasteiger partial charge is 0.481 e. The molecule has 0 amide bonds. The van der Waals surface area contributed by atoms with Gasteiger partial charge in [-0.05, 0) is 12.5 Å². The highest BCUT2D eigenvalue weighted by Crippen LogP contribution is 2.26. The first-order valence-corrected chi connectivity index (χ1v) is 7.42. The van der Waals surface area contributed by atoms with Crippen molar-refractivity contribution in [1.82, 2.24) is 19.9 Å². The summed E-state index contributed by atoms with van der Waals surface area (Å²) in [6.07, 6.45) is 4.35. The van der Waals surface area contributed by atoms with Crippen LogP contribution in [-0.2, 0) is 0 Å². The molecule has 0 radical (unpaired) electrons. The highest BCUT2D eigenvalue weighted by atomic mass is 16.5. The Bertz CT molecular complexity index is 631. The second-order valence-corrected chi connectivity index (χ2v) is 5.32. The van der Waals surface area contributed by atoms with Crippen molar-refractivity contribution >= 4 is 11.6 Å². The molecule has 0 spiro atoms. The Morgan fingerprint density at radius 3 is 2.83 bits per heavy atom. The van der Waals surface area contributed by atoms with Gasteiger partial charge in [-0.2, -0.15) is 9.97 Å². The van der Waals surface area contributed by atoms with Crippen LogP contribution in [0.2, 0.25) is 0 Å². The summed E-state index contributed by atoms with van der Waals surface area (Å²) in [6, 6.07) is 4.42. The van der Waals surface area contributed by atoms with Crippen LogP contribution in [0.1, 0.15) is 6.42 Å². The summed E-state index contributed by atoms with van der Waals surface area (Å²) in [5, 5.41) is 0. The standard InChI is InChI=1S/C15H20N6O2/c1-20(12-4-6-16-10-17-12)11-5-7-21(9-11)13-8-14(22-2)19-15(18-13)23-3/h4,6,8,10-11H,5,7,9H2,1-3H3. The monoisotopic (exact) mass is 316 g/mol. The Kier molecular flexibility index (Phi) is 4.40. The number of likely N-dealkylation sites (N-methyl/N-ethyl adjacent to an activating group) is 1. The second kappa shape index (κ2) is 6.64. The third-order valence-electron chi connectivity index (χ3n) is 4.02. The highest BCUT2D eigenvalue weighted by molar-refractivity contribution is 5.46. The van der Waals surface area contributed by atoms with Crippen LogP contribution in [0.25, 0.3) is 0 Å². The summed E-state index contributed by atoms with van der Waals surface area (Å²) >= 11 is 0. The van der Waals surface area contributed by atoms with E-state index in [1.54, 1.807) is 26.7 Å². The molecule has 1 aliphatic rings. The maximum Gasteiger partial charge on any atom is 0.321 e. The van der Waals surface area contributed by atoms with E-state index >= 15 is 0 Å². The van der Waals surface area contributed by atoms with Crippen LogP contribution in [0.15, 0.2) is 24.7 Å². The molecule has 122 valence electrons. The van der Waals surface area contributed by atoms with E-state index in [9.17, 15) is 0 Å². The smallest absolute Gasteiger partial charge is 0.321 e. The number of anilines is 2. The van der Waals surface area contributed by atoms with Gasteiger partial charge in [-0.1, -0.05) is 0 Å². The molecule has 1 unspecified atom stereocenters. The first kappa shape index (κ1) is 15.3. The Morgan fingerprint density at radius 2 is 2.13 bits per heavy atom. The van der Waals surface area contributed by atoms with Crippen LogP contribution < -0.4 is 19.3 Å². The van der Waals surface area contributed by atoms with Gasteiger partial charge in [0.2, 0.25) is 5.88 Å². The number of methoxy groups -OCH3 is 2. The van der Waals surface area contributed by atoms with Crippen molar-refractivity contribution in [3.05, 3.63) is 24.7 Å². The van der Waals surface area contributed by atoms with Crippen LogP contribution in [0.4, 0.5) is 11.6 Å². The molecule has 0 aromatic carbocycles. The number of aromatic nitrogens is 4.